The highest BCUT2D eigenvalue weighted by Crippen LogP contribution is 2.00. The lowest BCUT2D eigenvalue weighted by atomic mass is 10.2. The number of carbonyl (C=O) groups excluding carboxylic acids is 1. The van der Waals surface area contributed by atoms with Gasteiger partial charge in [0.15, 0.2) is 0 Å². The van der Waals surface area contributed by atoms with Crippen molar-refractivity contribution >= 4 is 11.9 Å². The van der Waals surface area contributed by atoms with Crippen molar-refractivity contribution in [1.29, 1.82) is 0 Å². The molecule has 6 nitrogen and oxygen atoms in total. The molecule has 2 aromatic rings. The molecule has 0 unspecified atom stereocenters. The van der Waals surface area contributed by atoms with Crippen molar-refractivity contribution in [2.45, 2.75) is 13.3 Å². The molecule has 0 saturated heterocycles. The largest absolute Gasteiger partial charge is 0.293 e. The summed E-state index contributed by atoms with van der Waals surface area (Å²) in [6, 6.07) is 5.44. The number of hydrogen-bond acceptors (Lipinski definition) is 4. The van der Waals surface area contributed by atoms with Crippen LogP contribution >= 0.6 is 0 Å². The number of rotatable bonds is 3. The average Bonchev–Trinajstić information content (AvgIpc) is 2.65. The smallest absolute Gasteiger partial charge is 0.248 e. The minimum Gasteiger partial charge on any atom is -0.293 e. The van der Waals surface area contributed by atoms with Crippen molar-refractivity contribution < 1.29 is 4.79 Å². The number of carbonyl (C=O) groups is 1. The van der Waals surface area contributed by atoms with E-state index in [1.54, 1.807) is 25.3 Å². The Labute approximate surface area is 92.1 Å². The van der Waals surface area contributed by atoms with E-state index in [1.807, 2.05) is 6.07 Å². The van der Waals surface area contributed by atoms with Gasteiger partial charge in [0.05, 0.1) is 6.42 Å². The zero-order valence-corrected chi connectivity index (χ0v) is 8.77. The second-order valence-corrected chi connectivity index (χ2v) is 3.29. The molecule has 2 rings (SSSR count). The molecule has 2 N–H and O–H groups in total. The number of aryl methyl sites for hydroxylation is 1. The number of nitrogens with one attached hydrogen (secondary N) is 2. The van der Waals surface area contributed by atoms with Crippen LogP contribution < -0.4 is 5.32 Å². The van der Waals surface area contributed by atoms with Crippen LogP contribution in [0.15, 0.2) is 24.4 Å². The molecular formula is C10H11N5O. The average molecular weight is 217 g/mol. The number of anilines is 1. The van der Waals surface area contributed by atoms with Gasteiger partial charge in [-0.3, -0.25) is 20.2 Å². The van der Waals surface area contributed by atoms with Gasteiger partial charge in [-0.2, -0.15) is 4.98 Å². The van der Waals surface area contributed by atoms with Crippen LogP contribution in [-0.2, 0) is 11.2 Å². The SMILES string of the molecule is Cc1nc(NC(=O)Cc2ccccn2)n[nH]1. The van der Waals surface area contributed by atoms with E-state index in [9.17, 15) is 4.79 Å². The summed E-state index contributed by atoms with van der Waals surface area (Å²) >= 11 is 0. The topological polar surface area (TPSA) is 83.6 Å². The lowest BCUT2D eigenvalue weighted by Crippen LogP contribution is -2.16. The Bertz CT molecular complexity index is 479. The Morgan fingerprint density at radius 1 is 1.50 bits per heavy atom. The highest BCUT2D eigenvalue weighted by Gasteiger charge is 2.07. The fourth-order valence-corrected chi connectivity index (χ4v) is 1.23. The van der Waals surface area contributed by atoms with Gasteiger partial charge >= 0.3 is 0 Å². The predicted molar refractivity (Wildman–Crippen MR) is 57.7 cm³/mol. The van der Waals surface area contributed by atoms with Gasteiger partial charge in [-0.15, -0.1) is 5.10 Å². The van der Waals surface area contributed by atoms with E-state index in [1.165, 1.54) is 0 Å². The first-order chi connectivity index (χ1) is 7.74. The van der Waals surface area contributed by atoms with Gasteiger partial charge in [0, 0.05) is 11.9 Å². The van der Waals surface area contributed by atoms with Crippen LogP contribution in [-0.4, -0.2) is 26.1 Å². The summed E-state index contributed by atoms with van der Waals surface area (Å²) in [5.74, 6) is 0.768. The number of aromatic nitrogens is 4. The fraction of sp³-hybridized carbons (Fsp3) is 0.200. The Kier molecular flexibility index (Phi) is 2.90. The first kappa shape index (κ1) is 10.3. The maximum Gasteiger partial charge on any atom is 0.248 e. The molecule has 6 heteroatoms. The third-order valence-electron chi connectivity index (χ3n) is 1.92. The number of pyridine rings is 1. The number of H-pyrrole nitrogens is 1. The molecule has 16 heavy (non-hydrogen) atoms. The van der Waals surface area contributed by atoms with Crippen LogP contribution in [0.25, 0.3) is 0 Å². The maximum atomic E-state index is 11.5. The third-order valence-corrected chi connectivity index (χ3v) is 1.92. The van der Waals surface area contributed by atoms with E-state index < -0.39 is 0 Å². The molecular weight excluding hydrogens is 206 g/mol. The molecule has 2 aromatic heterocycles. The van der Waals surface area contributed by atoms with Gasteiger partial charge < -0.3 is 0 Å². The van der Waals surface area contributed by atoms with Crippen molar-refractivity contribution in [3.8, 4) is 0 Å². The normalized spacial score (nSPS) is 10.1. The van der Waals surface area contributed by atoms with Crippen LogP contribution in [0.5, 0.6) is 0 Å². The summed E-state index contributed by atoms with van der Waals surface area (Å²) in [5, 5.41) is 9.03. The highest BCUT2D eigenvalue weighted by atomic mass is 16.1. The summed E-state index contributed by atoms with van der Waals surface area (Å²) in [6.45, 7) is 1.77. The van der Waals surface area contributed by atoms with Crippen LogP contribution in [0.3, 0.4) is 0 Å². The Morgan fingerprint density at radius 3 is 3.00 bits per heavy atom. The number of nitrogens with zero attached hydrogens (tertiary/aromatic N) is 3. The summed E-state index contributed by atoms with van der Waals surface area (Å²) in [7, 11) is 0. The minimum atomic E-state index is -0.183. The van der Waals surface area contributed by atoms with Crippen molar-refractivity contribution in [1.82, 2.24) is 20.2 Å². The molecule has 0 spiro atoms. The number of hydrogen-bond donors (Lipinski definition) is 2. The molecule has 0 bridgehead atoms. The summed E-state index contributed by atoms with van der Waals surface area (Å²) in [5.41, 5.74) is 0.715. The molecule has 82 valence electrons. The van der Waals surface area contributed by atoms with E-state index in [0.717, 1.165) is 0 Å². The van der Waals surface area contributed by atoms with E-state index in [-0.39, 0.29) is 12.3 Å². The van der Waals surface area contributed by atoms with Crippen LogP contribution in [0, 0.1) is 6.92 Å². The van der Waals surface area contributed by atoms with E-state index in [0.29, 0.717) is 17.5 Å². The Hall–Kier alpha value is -2.24. The fourth-order valence-electron chi connectivity index (χ4n) is 1.23. The molecule has 0 radical (unpaired) electrons. The van der Waals surface area contributed by atoms with Gasteiger partial charge in [-0.05, 0) is 19.1 Å². The minimum absolute atomic E-state index is 0.183. The Morgan fingerprint density at radius 2 is 2.38 bits per heavy atom. The van der Waals surface area contributed by atoms with Crippen molar-refractivity contribution in [2.24, 2.45) is 0 Å². The van der Waals surface area contributed by atoms with E-state index >= 15 is 0 Å². The first-order valence-electron chi connectivity index (χ1n) is 4.83. The van der Waals surface area contributed by atoms with Gasteiger partial charge in [-0.25, -0.2) is 0 Å². The zero-order valence-electron chi connectivity index (χ0n) is 8.77. The summed E-state index contributed by atoms with van der Waals surface area (Å²) in [4.78, 5) is 19.6. The van der Waals surface area contributed by atoms with Gasteiger partial charge in [0.1, 0.15) is 5.82 Å². The van der Waals surface area contributed by atoms with Gasteiger partial charge in [0.25, 0.3) is 0 Å². The summed E-state index contributed by atoms with van der Waals surface area (Å²) < 4.78 is 0. The van der Waals surface area contributed by atoms with Crippen molar-refractivity contribution in [3.63, 3.8) is 0 Å². The molecule has 1 amide bonds. The molecule has 0 fully saturated rings. The third kappa shape index (κ3) is 2.63. The number of aromatic amines is 1. The highest BCUT2D eigenvalue weighted by molar-refractivity contribution is 5.90. The lowest BCUT2D eigenvalue weighted by molar-refractivity contribution is -0.115. The van der Waals surface area contributed by atoms with Crippen LogP contribution in [0.4, 0.5) is 5.95 Å². The molecule has 0 aliphatic rings. The second kappa shape index (κ2) is 4.52. The Balaban J connectivity index is 1.95. The van der Waals surface area contributed by atoms with Crippen LogP contribution in [0.2, 0.25) is 0 Å². The van der Waals surface area contributed by atoms with Gasteiger partial charge in [0.2, 0.25) is 11.9 Å². The molecule has 0 saturated carbocycles. The molecule has 2 heterocycles. The first-order valence-corrected chi connectivity index (χ1v) is 4.83. The number of amides is 1. The standard InChI is InChI=1S/C10H11N5O/c1-7-12-10(15-14-7)13-9(16)6-8-4-2-3-5-11-8/h2-5H,6H2,1H3,(H2,12,13,14,15,16). The van der Waals surface area contributed by atoms with E-state index in [2.05, 4.69) is 25.5 Å². The maximum absolute atomic E-state index is 11.5. The zero-order chi connectivity index (χ0) is 11.4. The summed E-state index contributed by atoms with van der Waals surface area (Å²) in [6.07, 6.45) is 1.87. The monoisotopic (exact) mass is 217 g/mol. The predicted octanol–water partition coefficient (Wildman–Crippen LogP) is 0.689. The second-order valence-electron chi connectivity index (χ2n) is 3.29. The van der Waals surface area contributed by atoms with Crippen molar-refractivity contribution in [2.75, 3.05) is 5.32 Å². The molecule has 0 aliphatic carbocycles. The van der Waals surface area contributed by atoms with Gasteiger partial charge in [-0.1, -0.05) is 6.07 Å². The van der Waals surface area contributed by atoms with E-state index in [4.69, 9.17) is 0 Å². The molecule has 0 aromatic carbocycles. The van der Waals surface area contributed by atoms with Crippen molar-refractivity contribution in [3.05, 3.63) is 35.9 Å². The van der Waals surface area contributed by atoms with Crippen LogP contribution in [0.1, 0.15) is 11.5 Å². The molecule has 0 atom stereocenters. The quantitative estimate of drug-likeness (QED) is 0.792. The molecule has 0 aliphatic heterocycles. The lowest BCUT2D eigenvalue weighted by Gasteiger charge is -1.99.